The summed E-state index contributed by atoms with van der Waals surface area (Å²) in [5.74, 6) is 1.10. The monoisotopic (exact) mass is 419 g/mol. The number of halogens is 1. The van der Waals surface area contributed by atoms with Gasteiger partial charge in [0.2, 0.25) is 5.95 Å². The molecule has 7 heteroatoms. The van der Waals surface area contributed by atoms with Crippen LogP contribution in [0.5, 0.6) is 0 Å². The van der Waals surface area contributed by atoms with Crippen LogP contribution in [0.1, 0.15) is 55.1 Å². The number of ketones is 1. The normalized spacial score (nSPS) is 13.7. The van der Waals surface area contributed by atoms with Crippen molar-refractivity contribution in [2.75, 3.05) is 10.6 Å². The number of hydrogen-bond donors (Lipinski definition) is 2. The Balaban J connectivity index is 1.65. The van der Waals surface area contributed by atoms with Crippen molar-refractivity contribution >= 4 is 28.9 Å². The average Bonchev–Trinajstić information content (AvgIpc) is 3.54. The number of nitrogens with zero attached hydrogens (tertiary/aromatic N) is 3. The Morgan fingerprint density at radius 1 is 1.10 bits per heavy atom. The van der Waals surface area contributed by atoms with Crippen LogP contribution < -0.4 is 10.6 Å². The van der Waals surface area contributed by atoms with Crippen molar-refractivity contribution in [3.63, 3.8) is 0 Å². The van der Waals surface area contributed by atoms with Crippen LogP contribution >= 0.6 is 0 Å². The van der Waals surface area contributed by atoms with E-state index in [0.717, 1.165) is 18.4 Å². The summed E-state index contributed by atoms with van der Waals surface area (Å²) in [6.45, 7) is 7.76. The van der Waals surface area contributed by atoms with E-state index in [9.17, 15) is 9.18 Å². The third-order valence-corrected chi connectivity index (χ3v) is 5.29. The fourth-order valence-electron chi connectivity index (χ4n) is 3.33. The number of rotatable bonds is 6. The molecule has 3 aromatic rings. The standard InChI is InChI=1S/C24H26FN5O/c1-14-6-5-11-26-23(14)28-18-12-20(27-13-16(18)21(31)15-7-8-15)29-19-10-9-17(22(25)30-19)24(2,3)4/h5-6,9-13,15H,7-8H2,1-4H3,(H2,26,27,28,29,30). The zero-order valence-electron chi connectivity index (χ0n) is 18.2. The van der Waals surface area contributed by atoms with Crippen molar-refractivity contribution in [3.8, 4) is 0 Å². The summed E-state index contributed by atoms with van der Waals surface area (Å²) in [4.78, 5) is 25.6. The molecule has 3 aromatic heterocycles. The fraction of sp³-hybridized carbons (Fsp3) is 0.333. The molecule has 0 saturated heterocycles. The van der Waals surface area contributed by atoms with Crippen molar-refractivity contribution < 1.29 is 9.18 Å². The third kappa shape index (κ3) is 4.71. The zero-order valence-corrected chi connectivity index (χ0v) is 18.2. The summed E-state index contributed by atoms with van der Waals surface area (Å²) in [6, 6.07) is 9.00. The van der Waals surface area contributed by atoms with Crippen molar-refractivity contribution in [1.29, 1.82) is 0 Å². The van der Waals surface area contributed by atoms with Gasteiger partial charge in [0.25, 0.3) is 0 Å². The molecule has 0 radical (unpaired) electrons. The van der Waals surface area contributed by atoms with E-state index in [0.29, 0.717) is 34.3 Å². The van der Waals surface area contributed by atoms with Crippen LogP contribution in [0, 0.1) is 18.8 Å². The van der Waals surface area contributed by atoms with Crippen LogP contribution in [-0.2, 0) is 5.41 Å². The van der Waals surface area contributed by atoms with Crippen LogP contribution in [0.3, 0.4) is 0 Å². The van der Waals surface area contributed by atoms with E-state index in [-0.39, 0.29) is 17.1 Å². The lowest BCUT2D eigenvalue weighted by Gasteiger charge is -2.19. The maximum absolute atomic E-state index is 14.5. The summed E-state index contributed by atoms with van der Waals surface area (Å²) >= 11 is 0. The fourth-order valence-corrected chi connectivity index (χ4v) is 3.33. The van der Waals surface area contributed by atoms with Crippen LogP contribution in [0.4, 0.5) is 27.5 Å². The minimum atomic E-state index is -0.513. The smallest absolute Gasteiger partial charge is 0.218 e. The minimum Gasteiger partial charge on any atom is -0.339 e. The highest BCUT2D eigenvalue weighted by Gasteiger charge is 2.32. The molecule has 0 amide bonds. The van der Waals surface area contributed by atoms with Gasteiger partial charge in [-0.15, -0.1) is 0 Å². The molecule has 0 atom stereocenters. The second-order valence-corrected chi connectivity index (χ2v) is 8.96. The highest BCUT2D eigenvalue weighted by atomic mass is 19.1. The van der Waals surface area contributed by atoms with Gasteiger partial charge in [-0.1, -0.05) is 32.9 Å². The first-order valence-corrected chi connectivity index (χ1v) is 10.4. The first-order chi connectivity index (χ1) is 14.7. The number of carbonyl (C=O) groups is 1. The van der Waals surface area contributed by atoms with E-state index in [1.165, 1.54) is 0 Å². The van der Waals surface area contributed by atoms with Crippen molar-refractivity contribution in [2.45, 2.75) is 46.0 Å². The lowest BCUT2D eigenvalue weighted by atomic mass is 9.88. The molecule has 2 N–H and O–H groups in total. The predicted octanol–water partition coefficient (Wildman–Crippen LogP) is 5.70. The Labute approximate surface area is 181 Å². The Kier molecular flexibility index (Phi) is 5.43. The highest BCUT2D eigenvalue weighted by molar-refractivity contribution is 6.04. The maximum Gasteiger partial charge on any atom is 0.218 e. The van der Waals surface area contributed by atoms with Gasteiger partial charge in [0.15, 0.2) is 5.78 Å². The summed E-state index contributed by atoms with van der Waals surface area (Å²) < 4.78 is 14.5. The number of aromatic nitrogens is 3. The van der Waals surface area contributed by atoms with Gasteiger partial charge in [-0.3, -0.25) is 4.79 Å². The van der Waals surface area contributed by atoms with E-state index in [1.807, 2.05) is 39.8 Å². The number of carbonyl (C=O) groups excluding carboxylic acids is 1. The number of pyridine rings is 3. The molecule has 1 aliphatic rings. The topological polar surface area (TPSA) is 79.8 Å². The SMILES string of the molecule is Cc1cccnc1Nc1cc(Nc2ccc(C(C)(C)C)c(F)n2)ncc1C(=O)C1CC1. The Hall–Kier alpha value is -3.35. The number of Topliss-reactive ketones (excluding diaryl/α,β-unsaturated/α-hetero) is 1. The lowest BCUT2D eigenvalue weighted by molar-refractivity contribution is 0.0968. The number of aryl methyl sites for hydroxylation is 1. The molecular weight excluding hydrogens is 393 g/mol. The van der Waals surface area contributed by atoms with Crippen LogP contribution in [0.15, 0.2) is 42.7 Å². The number of nitrogens with one attached hydrogen (secondary N) is 2. The maximum atomic E-state index is 14.5. The molecule has 31 heavy (non-hydrogen) atoms. The first kappa shape index (κ1) is 20.9. The van der Waals surface area contributed by atoms with E-state index in [2.05, 4.69) is 25.6 Å². The molecule has 160 valence electrons. The lowest BCUT2D eigenvalue weighted by Crippen LogP contribution is -2.15. The molecule has 6 nitrogen and oxygen atoms in total. The van der Waals surface area contributed by atoms with Gasteiger partial charge in [0.1, 0.15) is 17.5 Å². The first-order valence-electron chi connectivity index (χ1n) is 10.4. The molecule has 1 fully saturated rings. The summed E-state index contributed by atoms with van der Waals surface area (Å²) in [6.07, 6.45) is 5.07. The average molecular weight is 420 g/mol. The number of hydrogen-bond acceptors (Lipinski definition) is 6. The van der Waals surface area contributed by atoms with Crippen LogP contribution in [0.2, 0.25) is 0 Å². The second-order valence-electron chi connectivity index (χ2n) is 8.96. The van der Waals surface area contributed by atoms with Gasteiger partial charge in [-0.2, -0.15) is 4.39 Å². The third-order valence-electron chi connectivity index (χ3n) is 5.29. The molecule has 0 bridgehead atoms. The highest BCUT2D eigenvalue weighted by Crippen LogP contribution is 2.36. The van der Waals surface area contributed by atoms with Crippen LogP contribution in [0.25, 0.3) is 0 Å². The van der Waals surface area contributed by atoms with Crippen molar-refractivity contribution in [1.82, 2.24) is 15.0 Å². The second kappa shape index (κ2) is 8.06. The van der Waals surface area contributed by atoms with E-state index < -0.39 is 5.95 Å². The van der Waals surface area contributed by atoms with Crippen molar-refractivity contribution in [3.05, 3.63) is 65.4 Å². The molecule has 0 unspecified atom stereocenters. The summed E-state index contributed by atoms with van der Waals surface area (Å²) in [7, 11) is 0. The van der Waals surface area contributed by atoms with E-state index in [4.69, 9.17) is 0 Å². The van der Waals surface area contributed by atoms with Crippen molar-refractivity contribution in [2.24, 2.45) is 5.92 Å². The minimum absolute atomic E-state index is 0.0618. The van der Waals surface area contributed by atoms with Gasteiger partial charge in [-0.25, -0.2) is 15.0 Å². The van der Waals surface area contributed by atoms with Gasteiger partial charge >= 0.3 is 0 Å². The Morgan fingerprint density at radius 3 is 2.52 bits per heavy atom. The quantitative estimate of drug-likeness (QED) is 0.394. The molecule has 1 saturated carbocycles. The summed E-state index contributed by atoms with van der Waals surface area (Å²) in [5.41, 5.74) is 2.31. The number of anilines is 4. The van der Waals surface area contributed by atoms with Gasteiger partial charge in [-0.05, 0) is 42.9 Å². The van der Waals surface area contributed by atoms with Gasteiger partial charge < -0.3 is 10.6 Å². The van der Waals surface area contributed by atoms with E-state index in [1.54, 1.807) is 30.6 Å². The zero-order chi connectivity index (χ0) is 22.2. The molecule has 4 rings (SSSR count). The molecule has 0 aliphatic heterocycles. The molecule has 1 aliphatic carbocycles. The van der Waals surface area contributed by atoms with Crippen LogP contribution in [-0.4, -0.2) is 20.7 Å². The predicted molar refractivity (Wildman–Crippen MR) is 120 cm³/mol. The molecule has 3 heterocycles. The largest absolute Gasteiger partial charge is 0.339 e. The van der Waals surface area contributed by atoms with Gasteiger partial charge in [0, 0.05) is 29.9 Å². The molecule has 0 spiro atoms. The summed E-state index contributed by atoms with van der Waals surface area (Å²) in [5, 5.41) is 6.31. The van der Waals surface area contributed by atoms with E-state index >= 15 is 0 Å². The van der Waals surface area contributed by atoms with Gasteiger partial charge in [0.05, 0.1) is 11.3 Å². The Morgan fingerprint density at radius 2 is 1.87 bits per heavy atom. The Bertz CT molecular complexity index is 1140. The molecule has 0 aromatic carbocycles. The molecular formula is C24H26FN5O.